The van der Waals surface area contributed by atoms with Crippen LogP contribution in [0.15, 0.2) is 78.5 Å². The second-order valence-corrected chi connectivity index (χ2v) is 7.78. The monoisotopic (exact) mass is 423 g/mol. The van der Waals surface area contributed by atoms with Crippen molar-refractivity contribution in [2.24, 2.45) is 0 Å². The molecule has 156 valence electrons. The van der Waals surface area contributed by atoms with Crippen molar-refractivity contribution in [2.75, 3.05) is 11.4 Å². The molecule has 6 heteroatoms. The Hall–Kier alpha value is -4.24. The fraction of sp³-hybridized carbons (Fsp3) is 0.115. The molecule has 0 aliphatic carbocycles. The van der Waals surface area contributed by atoms with E-state index >= 15 is 0 Å². The Bertz CT molecular complexity index is 1300. The van der Waals surface area contributed by atoms with Crippen LogP contribution < -0.4 is 4.90 Å². The average Bonchev–Trinajstić information content (AvgIpc) is 3.09. The Labute approximate surface area is 184 Å². The first kappa shape index (κ1) is 19.7. The number of fused-ring (bicyclic) bond motifs is 1. The number of nitrogens with zero attached hydrogens (tertiary/aromatic N) is 3. The largest absolute Gasteiger partial charge is 0.362 e. The first-order chi connectivity index (χ1) is 15.6. The molecule has 2 amide bonds. The molecular weight excluding hydrogens is 405 g/mol. The molecule has 0 atom stereocenters. The van der Waals surface area contributed by atoms with E-state index < -0.39 is 17.6 Å². The molecule has 0 unspecified atom stereocenters. The minimum Gasteiger partial charge on any atom is -0.362 e. The van der Waals surface area contributed by atoms with Crippen LogP contribution in [0.2, 0.25) is 0 Å². The summed E-state index contributed by atoms with van der Waals surface area (Å²) >= 11 is 0. The van der Waals surface area contributed by atoms with Gasteiger partial charge in [0.15, 0.2) is 0 Å². The summed E-state index contributed by atoms with van der Waals surface area (Å²) in [4.78, 5) is 30.2. The van der Waals surface area contributed by atoms with Crippen LogP contribution in [0.1, 0.15) is 22.3 Å². The molecule has 0 saturated heterocycles. The second-order valence-electron chi connectivity index (χ2n) is 7.78. The number of halogens is 1. The van der Waals surface area contributed by atoms with Crippen LogP contribution in [0.25, 0.3) is 5.57 Å². The van der Waals surface area contributed by atoms with Gasteiger partial charge in [-0.05, 0) is 59.5 Å². The molecule has 2 aliphatic heterocycles. The van der Waals surface area contributed by atoms with E-state index in [2.05, 4.69) is 6.07 Å². The Morgan fingerprint density at radius 2 is 1.53 bits per heavy atom. The quantitative estimate of drug-likeness (QED) is 0.597. The fourth-order valence-corrected chi connectivity index (χ4v) is 4.29. The van der Waals surface area contributed by atoms with E-state index in [0.717, 1.165) is 16.9 Å². The summed E-state index contributed by atoms with van der Waals surface area (Å²) in [7, 11) is 0. The molecule has 3 aromatic carbocycles. The molecule has 5 nitrogen and oxygen atoms in total. The standard InChI is InChI=1S/C26H18FN3O2/c27-21-9-7-19(8-10-21)23-24(29-14-13-18-3-1-2-4-20(18)16-29)26(32)30(25(23)31)22-11-5-17(15-28)6-12-22/h1-12H,13-14,16H2. The highest BCUT2D eigenvalue weighted by molar-refractivity contribution is 6.45. The van der Waals surface area contributed by atoms with Gasteiger partial charge in [-0.2, -0.15) is 5.26 Å². The van der Waals surface area contributed by atoms with Crippen LogP contribution in [0.3, 0.4) is 0 Å². The van der Waals surface area contributed by atoms with Crippen LogP contribution in [-0.2, 0) is 22.6 Å². The Morgan fingerprint density at radius 1 is 0.844 bits per heavy atom. The zero-order valence-electron chi connectivity index (χ0n) is 17.1. The number of hydrogen-bond acceptors (Lipinski definition) is 4. The second kappa shape index (κ2) is 7.78. The van der Waals surface area contributed by atoms with Crippen LogP contribution in [0.5, 0.6) is 0 Å². The number of carbonyl (C=O) groups excluding carboxylic acids is 2. The van der Waals surface area contributed by atoms with Crippen molar-refractivity contribution in [3.63, 3.8) is 0 Å². The molecule has 0 N–H and O–H groups in total. The third kappa shape index (κ3) is 3.25. The molecule has 0 fully saturated rings. The van der Waals surface area contributed by atoms with Gasteiger partial charge < -0.3 is 4.90 Å². The van der Waals surface area contributed by atoms with Crippen molar-refractivity contribution in [1.82, 2.24) is 4.90 Å². The maximum atomic E-state index is 13.6. The van der Waals surface area contributed by atoms with Crippen LogP contribution in [0.4, 0.5) is 10.1 Å². The predicted octanol–water partition coefficient (Wildman–Crippen LogP) is 4.04. The minimum atomic E-state index is -0.458. The number of anilines is 1. The Morgan fingerprint density at radius 3 is 2.22 bits per heavy atom. The molecule has 0 radical (unpaired) electrons. The molecular formula is C26H18FN3O2. The van der Waals surface area contributed by atoms with Gasteiger partial charge in [0.25, 0.3) is 11.8 Å². The third-order valence-electron chi connectivity index (χ3n) is 5.89. The molecule has 5 rings (SSSR count). The molecule has 2 aliphatic rings. The number of amides is 2. The molecule has 0 spiro atoms. The van der Waals surface area contributed by atoms with Gasteiger partial charge in [0, 0.05) is 13.1 Å². The van der Waals surface area contributed by atoms with E-state index in [1.165, 1.54) is 29.8 Å². The highest BCUT2D eigenvalue weighted by Crippen LogP contribution is 2.36. The number of rotatable bonds is 3. The lowest BCUT2D eigenvalue weighted by Crippen LogP contribution is -2.37. The van der Waals surface area contributed by atoms with Crippen molar-refractivity contribution in [3.05, 3.63) is 107 Å². The summed E-state index contributed by atoms with van der Waals surface area (Å²) in [5, 5.41) is 9.06. The van der Waals surface area contributed by atoms with Crippen LogP contribution in [0, 0.1) is 17.1 Å². The van der Waals surface area contributed by atoms with Crippen molar-refractivity contribution >= 4 is 23.1 Å². The lowest BCUT2D eigenvalue weighted by atomic mass is 9.98. The lowest BCUT2D eigenvalue weighted by molar-refractivity contribution is -0.120. The zero-order valence-corrected chi connectivity index (χ0v) is 17.1. The summed E-state index contributed by atoms with van der Waals surface area (Å²) in [6.45, 7) is 1.10. The van der Waals surface area contributed by atoms with Crippen molar-refractivity contribution in [1.29, 1.82) is 5.26 Å². The Balaban J connectivity index is 1.60. The fourth-order valence-electron chi connectivity index (χ4n) is 4.29. The molecule has 32 heavy (non-hydrogen) atoms. The summed E-state index contributed by atoms with van der Waals surface area (Å²) in [6, 6.07) is 22.0. The first-order valence-corrected chi connectivity index (χ1v) is 10.3. The number of hydrogen-bond donors (Lipinski definition) is 0. The third-order valence-corrected chi connectivity index (χ3v) is 5.89. The van der Waals surface area contributed by atoms with Gasteiger partial charge in [-0.25, -0.2) is 9.29 Å². The molecule has 3 aromatic rings. The average molecular weight is 423 g/mol. The maximum Gasteiger partial charge on any atom is 0.282 e. The zero-order chi connectivity index (χ0) is 22.2. The SMILES string of the molecule is N#Cc1ccc(N2C(=O)C(c3ccc(F)cc3)=C(N3CCc4ccccc4C3)C2=O)cc1. The summed E-state index contributed by atoms with van der Waals surface area (Å²) in [5.41, 5.74) is 4.25. The van der Waals surface area contributed by atoms with E-state index in [0.29, 0.717) is 35.6 Å². The smallest absolute Gasteiger partial charge is 0.282 e. The van der Waals surface area contributed by atoms with E-state index in [9.17, 15) is 14.0 Å². The molecule has 2 heterocycles. The van der Waals surface area contributed by atoms with Gasteiger partial charge in [-0.1, -0.05) is 36.4 Å². The molecule has 0 saturated carbocycles. The summed E-state index contributed by atoms with van der Waals surface area (Å²) < 4.78 is 13.6. The summed E-state index contributed by atoms with van der Waals surface area (Å²) in [6.07, 6.45) is 0.759. The van der Waals surface area contributed by atoms with Crippen molar-refractivity contribution in [2.45, 2.75) is 13.0 Å². The first-order valence-electron chi connectivity index (χ1n) is 10.3. The number of carbonyl (C=O) groups is 2. The van der Waals surface area contributed by atoms with Gasteiger partial charge >= 0.3 is 0 Å². The van der Waals surface area contributed by atoms with Crippen LogP contribution >= 0.6 is 0 Å². The minimum absolute atomic E-state index is 0.263. The van der Waals surface area contributed by atoms with Gasteiger partial charge in [0.05, 0.1) is 22.9 Å². The Kier molecular flexibility index (Phi) is 4.79. The van der Waals surface area contributed by atoms with Gasteiger partial charge in [0.1, 0.15) is 11.5 Å². The number of nitriles is 1. The topological polar surface area (TPSA) is 64.4 Å². The highest BCUT2D eigenvalue weighted by atomic mass is 19.1. The van der Waals surface area contributed by atoms with Crippen LogP contribution in [-0.4, -0.2) is 23.3 Å². The predicted molar refractivity (Wildman–Crippen MR) is 118 cm³/mol. The van der Waals surface area contributed by atoms with Gasteiger partial charge in [-0.3, -0.25) is 9.59 Å². The highest BCUT2D eigenvalue weighted by Gasteiger charge is 2.43. The van der Waals surface area contributed by atoms with E-state index in [1.807, 2.05) is 29.2 Å². The van der Waals surface area contributed by atoms with Crippen molar-refractivity contribution in [3.8, 4) is 6.07 Å². The van der Waals surface area contributed by atoms with Gasteiger partial charge in [0.2, 0.25) is 0 Å². The summed E-state index contributed by atoms with van der Waals surface area (Å²) in [5.74, 6) is -1.29. The normalized spacial score (nSPS) is 15.8. The van der Waals surface area contributed by atoms with E-state index in [1.54, 1.807) is 24.3 Å². The van der Waals surface area contributed by atoms with Crippen molar-refractivity contribution < 1.29 is 14.0 Å². The molecule has 0 aromatic heterocycles. The maximum absolute atomic E-state index is 13.6. The number of imide groups is 1. The molecule has 0 bridgehead atoms. The van der Waals surface area contributed by atoms with E-state index in [-0.39, 0.29) is 5.57 Å². The van der Waals surface area contributed by atoms with Gasteiger partial charge in [-0.15, -0.1) is 0 Å². The van der Waals surface area contributed by atoms with E-state index in [4.69, 9.17) is 5.26 Å². The lowest BCUT2D eigenvalue weighted by Gasteiger charge is -2.31. The number of benzene rings is 3.